The standard InChI is InChI=1S/C23H38OSi.C15H28O.C8H11ClSi/c1-4-8-19-11-13-20(14-12-19)21-15-17-22(18-16-21)24-25(2,3)23-9-6-5-7-10-23;1-2-3-12-4-6-13(7-5-12)14-8-10-15(16)11-9-14;1-10(2,9)8-6-4-3-5-7-8/h5-7,9-10,19-22H,4,8,11-18H2,1-3H3;12-16H,2-11H2,1H3;3-7H,1-2H3. The van der Waals surface area contributed by atoms with Crippen molar-refractivity contribution in [2.45, 2.75) is 181 Å². The van der Waals surface area contributed by atoms with E-state index in [1.807, 2.05) is 18.2 Å². The maximum absolute atomic E-state index is 9.54. The first-order valence-corrected chi connectivity index (χ1v) is 28.6. The molecular formula is C46H77ClO2Si2. The molecule has 0 aromatic heterocycles. The molecule has 51 heavy (non-hydrogen) atoms. The van der Waals surface area contributed by atoms with Crippen LogP contribution in [0.15, 0.2) is 60.7 Å². The van der Waals surface area contributed by atoms with Crippen molar-refractivity contribution in [3.05, 3.63) is 60.7 Å². The van der Waals surface area contributed by atoms with E-state index in [0.717, 1.165) is 48.3 Å². The van der Waals surface area contributed by atoms with E-state index >= 15 is 0 Å². The summed E-state index contributed by atoms with van der Waals surface area (Å²) >= 11 is 6.20. The van der Waals surface area contributed by atoms with Gasteiger partial charge < -0.3 is 9.53 Å². The highest BCUT2D eigenvalue weighted by atomic mass is 35.6. The lowest BCUT2D eigenvalue weighted by Crippen LogP contribution is -2.48. The zero-order valence-electron chi connectivity index (χ0n) is 33.8. The van der Waals surface area contributed by atoms with Crippen LogP contribution in [0.1, 0.15) is 142 Å². The van der Waals surface area contributed by atoms with Gasteiger partial charge >= 0.3 is 0 Å². The number of benzene rings is 2. The fraction of sp³-hybridized carbons (Fsp3) is 0.739. The van der Waals surface area contributed by atoms with Crippen molar-refractivity contribution in [2.75, 3.05) is 0 Å². The second kappa shape index (κ2) is 21.8. The average Bonchev–Trinajstić information content (AvgIpc) is 3.14. The van der Waals surface area contributed by atoms with Crippen LogP contribution in [0.2, 0.25) is 26.2 Å². The molecule has 4 aliphatic rings. The van der Waals surface area contributed by atoms with Gasteiger partial charge in [0.2, 0.25) is 8.32 Å². The largest absolute Gasteiger partial charge is 0.410 e. The van der Waals surface area contributed by atoms with E-state index in [-0.39, 0.29) is 6.10 Å². The molecule has 2 nitrogen and oxygen atoms in total. The quantitative estimate of drug-likeness (QED) is 0.193. The predicted molar refractivity (Wildman–Crippen MR) is 228 cm³/mol. The molecule has 0 spiro atoms. The van der Waals surface area contributed by atoms with Gasteiger partial charge in [0.1, 0.15) is 0 Å². The average molecular weight is 754 g/mol. The highest BCUT2D eigenvalue weighted by Gasteiger charge is 2.35. The summed E-state index contributed by atoms with van der Waals surface area (Å²) in [5, 5.41) is 12.3. The molecule has 0 bridgehead atoms. The van der Waals surface area contributed by atoms with Gasteiger partial charge in [-0.3, -0.25) is 0 Å². The van der Waals surface area contributed by atoms with Crippen LogP contribution in [0.25, 0.3) is 0 Å². The van der Waals surface area contributed by atoms with Crippen LogP contribution < -0.4 is 10.4 Å². The van der Waals surface area contributed by atoms with Crippen LogP contribution in [0, 0.1) is 35.5 Å². The Labute approximate surface area is 322 Å². The maximum Gasteiger partial charge on any atom is 0.218 e. The Morgan fingerprint density at radius 3 is 1.24 bits per heavy atom. The normalized spacial score (nSPS) is 30.3. The van der Waals surface area contributed by atoms with Crippen molar-refractivity contribution in [3.63, 3.8) is 0 Å². The summed E-state index contributed by atoms with van der Waals surface area (Å²) in [6.07, 6.45) is 28.3. The van der Waals surface area contributed by atoms with Gasteiger partial charge in [0, 0.05) is 6.10 Å². The molecule has 4 fully saturated rings. The summed E-state index contributed by atoms with van der Waals surface area (Å²) in [6.45, 7) is 13.6. The number of aliphatic hydroxyl groups is 1. The molecule has 1 N–H and O–H groups in total. The van der Waals surface area contributed by atoms with Crippen molar-refractivity contribution in [3.8, 4) is 0 Å². The zero-order valence-corrected chi connectivity index (χ0v) is 36.5. The minimum Gasteiger partial charge on any atom is -0.410 e. The summed E-state index contributed by atoms with van der Waals surface area (Å²) in [7, 11) is -3.31. The Morgan fingerprint density at radius 2 is 0.882 bits per heavy atom. The summed E-state index contributed by atoms with van der Waals surface area (Å²) in [4.78, 5) is 0. The number of rotatable bonds is 10. The number of halogens is 1. The molecule has 0 saturated heterocycles. The van der Waals surface area contributed by atoms with E-state index in [0.29, 0.717) is 6.10 Å². The smallest absolute Gasteiger partial charge is 0.218 e. The molecule has 2 aromatic carbocycles. The van der Waals surface area contributed by atoms with Gasteiger partial charge in [0.25, 0.3) is 0 Å². The van der Waals surface area contributed by atoms with E-state index < -0.39 is 15.7 Å². The lowest BCUT2D eigenvalue weighted by Gasteiger charge is -2.39. The molecule has 0 radical (unpaired) electrons. The van der Waals surface area contributed by atoms with E-state index in [1.54, 1.807) is 0 Å². The van der Waals surface area contributed by atoms with Gasteiger partial charge in [-0.05, 0) is 136 Å². The molecule has 0 atom stereocenters. The number of hydrogen-bond donors (Lipinski definition) is 1. The Kier molecular flexibility index (Phi) is 18.3. The third kappa shape index (κ3) is 14.7. The number of aliphatic hydroxyl groups excluding tert-OH is 1. The molecule has 288 valence electrons. The second-order valence-corrected chi connectivity index (χ2v) is 28.3. The first-order valence-electron chi connectivity index (χ1n) is 21.6. The molecule has 0 aliphatic heterocycles. The molecule has 6 rings (SSSR count). The molecule has 0 amide bonds. The topological polar surface area (TPSA) is 29.5 Å². The monoisotopic (exact) mass is 753 g/mol. The summed E-state index contributed by atoms with van der Waals surface area (Å²) in [6, 6.07) is 21.2. The highest BCUT2D eigenvalue weighted by Crippen LogP contribution is 2.42. The SMILES string of the molecule is CCCC1CCC(C2CCC(O)CC2)CC1.CCCC1CCC(C2CCC(O[Si](C)(C)c3ccccc3)CC2)CC1.C[Si](C)(Cl)c1ccccc1. The fourth-order valence-corrected chi connectivity index (χ4v) is 13.7. The van der Waals surface area contributed by atoms with Crippen LogP contribution in [-0.2, 0) is 4.43 Å². The minimum atomic E-state index is -1.75. The van der Waals surface area contributed by atoms with Crippen molar-refractivity contribution in [2.24, 2.45) is 35.5 Å². The Morgan fingerprint density at radius 1 is 0.529 bits per heavy atom. The van der Waals surface area contributed by atoms with Gasteiger partial charge in [-0.1, -0.05) is 139 Å². The van der Waals surface area contributed by atoms with Gasteiger partial charge in [-0.15, -0.1) is 0 Å². The van der Waals surface area contributed by atoms with Crippen molar-refractivity contribution in [1.29, 1.82) is 0 Å². The van der Waals surface area contributed by atoms with Gasteiger partial charge in [-0.2, -0.15) is 11.1 Å². The number of hydrogen-bond acceptors (Lipinski definition) is 2. The zero-order chi connectivity index (χ0) is 36.7. The van der Waals surface area contributed by atoms with Crippen LogP contribution in [-0.4, -0.2) is 33.0 Å². The van der Waals surface area contributed by atoms with Crippen molar-refractivity contribution < 1.29 is 9.53 Å². The van der Waals surface area contributed by atoms with E-state index in [1.165, 1.54) is 126 Å². The molecule has 0 unspecified atom stereocenters. The maximum atomic E-state index is 9.54. The van der Waals surface area contributed by atoms with Crippen molar-refractivity contribution >= 4 is 37.2 Å². The predicted octanol–water partition coefficient (Wildman–Crippen LogP) is 12.8. The summed E-state index contributed by atoms with van der Waals surface area (Å²) < 4.78 is 6.69. The highest BCUT2D eigenvalue weighted by molar-refractivity contribution is 7.26. The fourth-order valence-electron chi connectivity index (χ4n) is 10.1. The molecule has 4 aliphatic carbocycles. The van der Waals surface area contributed by atoms with Crippen LogP contribution >= 0.6 is 11.1 Å². The molecule has 2 aromatic rings. The first-order chi connectivity index (χ1) is 24.5. The molecule has 5 heteroatoms. The summed E-state index contributed by atoms with van der Waals surface area (Å²) in [5.74, 6) is 6.04. The van der Waals surface area contributed by atoms with Gasteiger partial charge in [-0.25, -0.2) is 0 Å². The summed E-state index contributed by atoms with van der Waals surface area (Å²) in [5.41, 5.74) is 0. The Hall–Kier alpha value is -0.916. The van der Waals surface area contributed by atoms with E-state index in [9.17, 15) is 5.11 Å². The molecule has 0 heterocycles. The third-order valence-electron chi connectivity index (χ3n) is 13.4. The Balaban J connectivity index is 0.000000191. The first kappa shape index (κ1) is 42.8. The lowest BCUT2D eigenvalue weighted by molar-refractivity contribution is 0.0764. The van der Waals surface area contributed by atoms with E-state index in [4.69, 9.17) is 15.5 Å². The molecule has 4 saturated carbocycles. The van der Waals surface area contributed by atoms with E-state index in [2.05, 4.69) is 82.5 Å². The van der Waals surface area contributed by atoms with Crippen LogP contribution in [0.3, 0.4) is 0 Å². The lowest BCUT2D eigenvalue weighted by atomic mass is 9.70. The minimum absolute atomic E-state index is 0.0210. The van der Waals surface area contributed by atoms with Gasteiger partial charge in [0.15, 0.2) is 7.38 Å². The second-order valence-electron chi connectivity index (χ2n) is 18.1. The van der Waals surface area contributed by atoms with Crippen LogP contribution in [0.4, 0.5) is 0 Å². The van der Waals surface area contributed by atoms with Crippen molar-refractivity contribution in [1.82, 2.24) is 0 Å². The van der Waals surface area contributed by atoms with Crippen LogP contribution in [0.5, 0.6) is 0 Å². The Bertz CT molecular complexity index is 1170. The third-order valence-corrected chi connectivity index (χ3v) is 18.4. The van der Waals surface area contributed by atoms with Gasteiger partial charge in [0.05, 0.1) is 6.10 Å². The molecular weight excluding hydrogens is 676 g/mol.